The van der Waals surface area contributed by atoms with E-state index < -0.39 is 0 Å². The second-order valence-corrected chi connectivity index (χ2v) is 7.32. The Bertz CT molecular complexity index is 645. The van der Waals surface area contributed by atoms with Crippen molar-refractivity contribution in [3.63, 3.8) is 0 Å². The summed E-state index contributed by atoms with van der Waals surface area (Å²) >= 11 is 0. The number of aromatic nitrogens is 2. The third-order valence-electron chi connectivity index (χ3n) is 5.04. The van der Waals surface area contributed by atoms with Crippen LogP contribution in [0.1, 0.15) is 19.3 Å². The van der Waals surface area contributed by atoms with Gasteiger partial charge in [0.15, 0.2) is 5.96 Å². The number of anilines is 1. The molecule has 1 aromatic heterocycles. The molecule has 0 saturated carbocycles. The van der Waals surface area contributed by atoms with Crippen LogP contribution in [0.5, 0.6) is 0 Å². The summed E-state index contributed by atoms with van der Waals surface area (Å²) in [5, 5.41) is 3.44. The van der Waals surface area contributed by atoms with Crippen LogP contribution in [-0.4, -0.2) is 97.7 Å². The van der Waals surface area contributed by atoms with Gasteiger partial charge in [-0.05, 0) is 25.3 Å². The Morgan fingerprint density at radius 2 is 1.97 bits per heavy atom. The van der Waals surface area contributed by atoms with Crippen LogP contribution in [-0.2, 0) is 9.53 Å². The van der Waals surface area contributed by atoms with Crippen LogP contribution in [0.3, 0.4) is 0 Å². The lowest BCUT2D eigenvalue weighted by atomic mass is 10.1. The molecule has 0 aliphatic carbocycles. The van der Waals surface area contributed by atoms with Gasteiger partial charge in [-0.15, -0.1) is 24.0 Å². The highest BCUT2D eigenvalue weighted by Crippen LogP contribution is 2.13. The van der Waals surface area contributed by atoms with Gasteiger partial charge in [0.25, 0.3) is 0 Å². The van der Waals surface area contributed by atoms with Crippen molar-refractivity contribution >= 4 is 41.8 Å². The Balaban J connectivity index is 0.00000300. The Hall–Kier alpha value is -1.69. The van der Waals surface area contributed by atoms with Crippen LogP contribution < -0.4 is 10.2 Å². The van der Waals surface area contributed by atoms with E-state index in [-0.39, 0.29) is 42.5 Å². The third kappa shape index (κ3) is 7.25. The summed E-state index contributed by atoms with van der Waals surface area (Å²) < 4.78 is 5.82. The summed E-state index contributed by atoms with van der Waals surface area (Å²) in [6.45, 7) is 4.91. The third-order valence-corrected chi connectivity index (χ3v) is 5.04. The first-order chi connectivity index (χ1) is 13.6. The van der Waals surface area contributed by atoms with Crippen molar-refractivity contribution in [2.24, 2.45) is 4.99 Å². The van der Waals surface area contributed by atoms with Gasteiger partial charge in [0.2, 0.25) is 11.9 Å². The summed E-state index contributed by atoms with van der Waals surface area (Å²) in [6, 6.07) is 1.82. The molecule has 162 valence electrons. The van der Waals surface area contributed by atoms with Gasteiger partial charge in [-0.1, -0.05) is 0 Å². The van der Waals surface area contributed by atoms with Crippen molar-refractivity contribution < 1.29 is 9.53 Å². The van der Waals surface area contributed by atoms with E-state index in [0.717, 1.165) is 64.1 Å². The van der Waals surface area contributed by atoms with Crippen LogP contribution in [0.15, 0.2) is 23.5 Å². The summed E-state index contributed by atoms with van der Waals surface area (Å²) in [5.74, 6) is 1.52. The zero-order valence-corrected chi connectivity index (χ0v) is 19.6. The van der Waals surface area contributed by atoms with Crippen molar-refractivity contribution in [3.8, 4) is 0 Å². The molecular formula is C19H32IN7O2. The number of halogens is 1. The fourth-order valence-electron chi connectivity index (χ4n) is 3.30. The lowest BCUT2D eigenvalue weighted by Crippen LogP contribution is -2.54. The lowest BCUT2D eigenvalue weighted by Gasteiger charge is -2.37. The molecule has 2 aliphatic rings. The molecule has 0 spiro atoms. The number of likely N-dealkylation sites (N-methyl/N-ethyl adjacent to an activating group) is 1. The largest absolute Gasteiger partial charge is 0.376 e. The Kier molecular flexibility index (Phi) is 9.85. The Labute approximate surface area is 189 Å². The van der Waals surface area contributed by atoms with Crippen LogP contribution in [0.25, 0.3) is 0 Å². The van der Waals surface area contributed by atoms with Crippen LogP contribution >= 0.6 is 24.0 Å². The number of nitrogens with zero attached hydrogens (tertiary/aromatic N) is 6. The molecule has 3 rings (SSSR count). The molecule has 1 atom stereocenters. The van der Waals surface area contributed by atoms with Crippen molar-refractivity contribution in [2.75, 3.05) is 64.9 Å². The van der Waals surface area contributed by atoms with Crippen molar-refractivity contribution in [3.05, 3.63) is 18.5 Å². The number of nitrogens with one attached hydrogen (secondary N) is 1. The highest BCUT2D eigenvalue weighted by Gasteiger charge is 2.23. The minimum atomic E-state index is -0.00969. The number of aliphatic imine (C=N–C) groups is 1. The van der Waals surface area contributed by atoms with Crippen molar-refractivity contribution in [2.45, 2.75) is 25.4 Å². The summed E-state index contributed by atoms with van der Waals surface area (Å²) in [4.78, 5) is 31.2. The zero-order chi connectivity index (χ0) is 19.8. The van der Waals surface area contributed by atoms with E-state index in [1.54, 1.807) is 31.4 Å². The fourth-order valence-corrected chi connectivity index (χ4v) is 3.30. The van der Waals surface area contributed by atoms with Crippen LogP contribution in [0.4, 0.5) is 5.95 Å². The molecule has 1 N–H and O–H groups in total. The summed E-state index contributed by atoms with van der Waals surface area (Å²) in [7, 11) is 3.50. The normalized spacial score (nSPS) is 20.1. The van der Waals surface area contributed by atoms with Gasteiger partial charge in [-0.25, -0.2) is 15.0 Å². The number of piperazine rings is 1. The molecule has 2 saturated heterocycles. The summed E-state index contributed by atoms with van der Waals surface area (Å²) in [6.07, 6.45) is 7.14. The summed E-state index contributed by atoms with van der Waals surface area (Å²) in [5.41, 5.74) is 0. The van der Waals surface area contributed by atoms with E-state index in [0.29, 0.717) is 0 Å². The molecule has 2 aliphatic heterocycles. The molecule has 9 nitrogen and oxygen atoms in total. The van der Waals surface area contributed by atoms with E-state index >= 15 is 0 Å². The number of hydrogen-bond donors (Lipinski definition) is 1. The smallest absolute Gasteiger partial charge is 0.243 e. The zero-order valence-electron chi connectivity index (χ0n) is 17.3. The van der Waals surface area contributed by atoms with Gasteiger partial charge in [-0.2, -0.15) is 0 Å². The van der Waals surface area contributed by atoms with Crippen LogP contribution in [0, 0.1) is 0 Å². The SMILES string of the molecule is CN(C)C(=O)CN=C(NCC1CCCCO1)N1CCN(c2ncccn2)CC1.I. The predicted molar refractivity (Wildman–Crippen MR) is 124 cm³/mol. The molecule has 0 radical (unpaired) electrons. The Morgan fingerprint density at radius 3 is 2.59 bits per heavy atom. The van der Waals surface area contributed by atoms with E-state index in [1.165, 1.54) is 6.42 Å². The Morgan fingerprint density at radius 1 is 1.24 bits per heavy atom. The second kappa shape index (κ2) is 12.1. The molecule has 1 unspecified atom stereocenters. The lowest BCUT2D eigenvalue weighted by molar-refractivity contribution is -0.127. The average molecular weight is 517 g/mol. The molecule has 0 aromatic carbocycles. The maximum absolute atomic E-state index is 12.0. The van der Waals surface area contributed by atoms with E-state index in [1.807, 2.05) is 6.07 Å². The molecule has 0 bridgehead atoms. The minimum absolute atomic E-state index is 0. The monoisotopic (exact) mass is 517 g/mol. The molecule has 29 heavy (non-hydrogen) atoms. The second-order valence-electron chi connectivity index (χ2n) is 7.32. The number of ether oxygens (including phenoxy) is 1. The molecule has 1 aromatic rings. The molecule has 10 heteroatoms. The van der Waals surface area contributed by atoms with Gasteiger partial charge in [-0.3, -0.25) is 4.79 Å². The van der Waals surface area contributed by atoms with E-state index in [4.69, 9.17) is 4.74 Å². The van der Waals surface area contributed by atoms with Crippen molar-refractivity contribution in [1.29, 1.82) is 0 Å². The molecule has 1 amide bonds. The number of carbonyl (C=O) groups excluding carboxylic acids is 1. The number of guanidine groups is 1. The van der Waals surface area contributed by atoms with E-state index in [2.05, 4.69) is 30.1 Å². The topological polar surface area (TPSA) is 86.2 Å². The maximum atomic E-state index is 12.0. The standard InChI is InChI=1S/C19H31N7O2.HI/c1-24(2)17(27)15-23-19(22-14-16-6-3-4-13-28-16)26-11-9-25(10-12-26)18-20-7-5-8-21-18;/h5,7-8,16H,3-4,6,9-15H2,1-2H3,(H,22,23);1H. The fraction of sp³-hybridized carbons (Fsp3) is 0.684. The van der Waals surface area contributed by atoms with Gasteiger partial charge >= 0.3 is 0 Å². The quantitative estimate of drug-likeness (QED) is 0.352. The van der Waals surface area contributed by atoms with Gasteiger partial charge in [0.1, 0.15) is 6.54 Å². The molecule has 3 heterocycles. The van der Waals surface area contributed by atoms with Gasteiger partial charge in [0.05, 0.1) is 6.10 Å². The molecular weight excluding hydrogens is 485 g/mol. The predicted octanol–water partition coefficient (Wildman–Crippen LogP) is 0.820. The number of hydrogen-bond acceptors (Lipinski definition) is 6. The highest BCUT2D eigenvalue weighted by atomic mass is 127. The molecule has 2 fully saturated rings. The van der Waals surface area contributed by atoms with Crippen molar-refractivity contribution in [1.82, 2.24) is 25.1 Å². The van der Waals surface area contributed by atoms with Crippen LogP contribution in [0.2, 0.25) is 0 Å². The number of carbonyl (C=O) groups is 1. The first-order valence-corrected chi connectivity index (χ1v) is 10.0. The van der Waals surface area contributed by atoms with Gasteiger partial charge in [0, 0.05) is 65.8 Å². The first kappa shape index (κ1) is 23.6. The maximum Gasteiger partial charge on any atom is 0.243 e. The average Bonchev–Trinajstić information content (AvgIpc) is 2.75. The first-order valence-electron chi connectivity index (χ1n) is 10.0. The van der Waals surface area contributed by atoms with E-state index in [9.17, 15) is 4.79 Å². The number of amides is 1. The minimum Gasteiger partial charge on any atom is -0.376 e. The number of rotatable bonds is 5. The van der Waals surface area contributed by atoms with Gasteiger partial charge < -0.3 is 24.8 Å². The highest BCUT2D eigenvalue weighted by molar-refractivity contribution is 14.0.